The molecule has 0 atom stereocenters. The number of anilines is 1. The Hall–Kier alpha value is -2.79. The second kappa shape index (κ2) is 6.54. The lowest BCUT2D eigenvalue weighted by Gasteiger charge is -2.03. The number of ether oxygens (including phenoxy) is 1. The fraction of sp³-hybridized carbons (Fsp3) is 0.0556. The van der Waals surface area contributed by atoms with Crippen molar-refractivity contribution in [3.63, 3.8) is 0 Å². The van der Waals surface area contributed by atoms with Crippen LogP contribution in [0.2, 0.25) is 0 Å². The van der Waals surface area contributed by atoms with Crippen LogP contribution in [0.25, 0.3) is 18.5 Å². The number of benzene rings is 2. The molecule has 0 saturated heterocycles. The lowest BCUT2D eigenvalue weighted by Crippen LogP contribution is -2.22. The van der Waals surface area contributed by atoms with Crippen LogP contribution in [0, 0.1) is 4.64 Å². The highest BCUT2D eigenvalue weighted by Crippen LogP contribution is 2.16. The van der Waals surface area contributed by atoms with Gasteiger partial charge in [0.05, 0.1) is 23.4 Å². The average molecular weight is 323 g/mol. The fourth-order valence-corrected chi connectivity index (χ4v) is 2.60. The topological polar surface area (TPSA) is 42.0 Å². The number of nitrogens with one attached hydrogen (secondary N) is 2. The van der Waals surface area contributed by atoms with E-state index in [1.54, 1.807) is 7.11 Å². The molecule has 0 radical (unpaired) electrons. The largest absolute Gasteiger partial charge is 0.497 e. The van der Waals surface area contributed by atoms with Crippen LogP contribution in [-0.2, 0) is 0 Å². The van der Waals surface area contributed by atoms with E-state index < -0.39 is 0 Å². The zero-order valence-corrected chi connectivity index (χ0v) is 13.6. The Kier molecular flexibility index (Phi) is 4.30. The highest BCUT2D eigenvalue weighted by molar-refractivity contribution is 7.71. The molecule has 0 amide bonds. The molecule has 3 rings (SSSR count). The molecular formula is C18H17N3OS. The van der Waals surface area contributed by atoms with E-state index in [0.717, 1.165) is 27.7 Å². The van der Waals surface area contributed by atoms with Crippen LogP contribution in [0.1, 0.15) is 0 Å². The van der Waals surface area contributed by atoms with Gasteiger partial charge < -0.3 is 10.1 Å². The lowest BCUT2D eigenvalue weighted by molar-refractivity contribution is 0.415. The third-order valence-electron chi connectivity index (χ3n) is 3.47. The van der Waals surface area contributed by atoms with E-state index in [9.17, 15) is 0 Å². The molecule has 1 heterocycles. The van der Waals surface area contributed by atoms with E-state index in [2.05, 4.69) is 17.0 Å². The summed E-state index contributed by atoms with van der Waals surface area (Å²) in [6.45, 7) is 4.03. The first kappa shape index (κ1) is 15.1. The number of aromatic nitrogens is 2. The van der Waals surface area contributed by atoms with Gasteiger partial charge in [-0.2, -0.15) is 0 Å². The SMILES string of the molecule is C=c1[nH]n(-c2ccccc2)c(=S)/c1=C\Nc1cccc(OC)c1. The first-order valence-electron chi connectivity index (χ1n) is 7.15. The summed E-state index contributed by atoms with van der Waals surface area (Å²) in [5.74, 6) is 0.797. The van der Waals surface area contributed by atoms with Gasteiger partial charge in [0.2, 0.25) is 0 Å². The van der Waals surface area contributed by atoms with Gasteiger partial charge in [0, 0.05) is 18.0 Å². The Morgan fingerprint density at radius 2 is 1.96 bits per heavy atom. The number of nitrogens with zero attached hydrogens (tertiary/aromatic N) is 1. The van der Waals surface area contributed by atoms with Crippen LogP contribution >= 0.6 is 12.2 Å². The van der Waals surface area contributed by atoms with Crippen molar-refractivity contribution in [3.05, 3.63) is 69.8 Å². The van der Waals surface area contributed by atoms with Crippen molar-refractivity contribution in [1.29, 1.82) is 0 Å². The first-order chi connectivity index (χ1) is 11.2. The molecule has 116 valence electrons. The zero-order chi connectivity index (χ0) is 16.2. The normalized spacial score (nSPS) is 11.4. The Labute approximate surface area is 139 Å². The molecule has 23 heavy (non-hydrogen) atoms. The maximum Gasteiger partial charge on any atom is 0.136 e. The van der Waals surface area contributed by atoms with Crippen molar-refractivity contribution < 1.29 is 4.74 Å². The number of H-pyrrole nitrogens is 1. The number of rotatable bonds is 4. The molecule has 0 saturated carbocycles. The maximum absolute atomic E-state index is 5.55. The standard InChI is InChI=1S/C18H17N3OS/c1-13-17(12-19-14-7-6-10-16(11-14)22-2)18(23)21(20-13)15-8-4-3-5-9-15/h3-12,19-20H,1H2,2H3/b17-12-. The van der Waals surface area contributed by atoms with Gasteiger partial charge in [-0.05, 0) is 24.3 Å². The summed E-state index contributed by atoms with van der Waals surface area (Å²) >= 11 is 5.55. The van der Waals surface area contributed by atoms with Crippen molar-refractivity contribution >= 4 is 30.7 Å². The van der Waals surface area contributed by atoms with Crippen LogP contribution in [0.15, 0.2) is 54.6 Å². The summed E-state index contributed by atoms with van der Waals surface area (Å²) in [7, 11) is 1.65. The molecule has 0 bridgehead atoms. The summed E-state index contributed by atoms with van der Waals surface area (Å²) in [6, 6.07) is 17.6. The van der Waals surface area contributed by atoms with Crippen LogP contribution in [0.3, 0.4) is 0 Å². The smallest absolute Gasteiger partial charge is 0.136 e. The molecule has 4 nitrogen and oxygen atoms in total. The quantitative estimate of drug-likeness (QED) is 0.726. The minimum atomic E-state index is 0.677. The van der Waals surface area contributed by atoms with Gasteiger partial charge >= 0.3 is 0 Å². The highest BCUT2D eigenvalue weighted by Gasteiger charge is 2.01. The van der Waals surface area contributed by atoms with Crippen LogP contribution in [0.5, 0.6) is 5.75 Å². The summed E-state index contributed by atoms with van der Waals surface area (Å²) in [5.41, 5.74) is 1.90. The minimum absolute atomic E-state index is 0.677. The van der Waals surface area contributed by atoms with E-state index in [1.165, 1.54) is 0 Å². The van der Waals surface area contributed by atoms with E-state index in [4.69, 9.17) is 17.0 Å². The Morgan fingerprint density at radius 1 is 1.17 bits per heavy atom. The number of hydrogen-bond donors (Lipinski definition) is 2. The van der Waals surface area contributed by atoms with Crippen LogP contribution < -0.4 is 20.6 Å². The Morgan fingerprint density at radius 3 is 2.70 bits per heavy atom. The van der Waals surface area contributed by atoms with Crippen LogP contribution in [0.4, 0.5) is 5.69 Å². The minimum Gasteiger partial charge on any atom is -0.497 e. The second-order valence-corrected chi connectivity index (χ2v) is 5.39. The number of aromatic amines is 1. The maximum atomic E-state index is 5.55. The lowest BCUT2D eigenvalue weighted by atomic mass is 10.3. The van der Waals surface area contributed by atoms with E-state index >= 15 is 0 Å². The number of hydrogen-bond acceptors (Lipinski definition) is 3. The van der Waals surface area contributed by atoms with Gasteiger partial charge in [-0.3, -0.25) is 5.10 Å². The molecule has 0 aliphatic heterocycles. The van der Waals surface area contributed by atoms with Crippen molar-refractivity contribution in [2.45, 2.75) is 0 Å². The monoisotopic (exact) mass is 323 g/mol. The Bertz CT molecular complexity index is 973. The van der Waals surface area contributed by atoms with E-state index in [0.29, 0.717) is 4.64 Å². The second-order valence-electron chi connectivity index (χ2n) is 5.00. The van der Waals surface area contributed by atoms with Crippen molar-refractivity contribution in [2.24, 2.45) is 0 Å². The molecule has 1 aromatic heterocycles. The average Bonchev–Trinajstić information content (AvgIpc) is 2.88. The molecular weight excluding hydrogens is 306 g/mol. The summed E-state index contributed by atoms with van der Waals surface area (Å²) in [5, 5.41) is 8.04. The van der Waals surface area contributed by atoms with Crippen LogP contribution in [-0.4, -0.2) is 16.9 Å². The van der Waals surface area contributed by atoms with Crippen molar-refractivity contribution in [2.75, 3.05) is 12.4 Å². The molecule has 2 aromatic carbocycles. The van der Waals surface area contributed by atoms with Gasteiger partial charge in [-0.25, -0.2) is 4.68 Å². The number of para-hydroxylation sites is 1. The Balaban J connectivity index is 1.99. The van der Waals surface area contributed by atoms with Gasteiger partial charge in [0.25, 0.3) is 0 Å². The summed E-state index contributed by atoms with van der Waals surface area (Å²) < 4.78 is 7.74. The van der Waals surface area contributed by atoms with Crippen molar-refractivity contribution in [1.82, 2.24) is 9.78 Å². The zero-order valence-electron chi connectivity index (χ0n) is 12.7. The van der Waals surface area contributed by atoms with E-state index in [-0.39, 0.29) is 0 Å². The van der Waals surface area contributed by atoms with Gasteiger partial charge in [0.1, 0.15) is 10.4 Å². The fourth-order valence-electron chi connectivity index (χ4n) is 2.27. The van der Waals surface area contributed by atoms with Gasteiger partial charge in [-0.15, -0.1) is 0 Å². The van der Waals surface area contributed by atoms with E-state index in [1.807, 2.05) is 65.5 Å². The number of methoxy groups -OCH3 is 1. The van der Waals surface area contributed by atoms with Gasteiger partial charge in [0.15, 0.2) is 0 Å². The summed E-state index contributed by atoms with van der Waals surface area (Å²) in [4.78, 5) is 0. The first-order valence-corrected chi connectivity index (χ1v) is 7.56. The third-order valence-corrected chi connectivity index (χ3v) is 3.88. The molecule has 2 N–H and O–H groups in total. The molecule has 0 fully saturated rings. The summed E-state index contributed by atoms with van der Waals surface area (Å²) in [6.07, 6.45) is 1.86. The van der Waals surface area contributed by atoms with Crippen molar-refractivity contribution in [3.8, 4) is 11.4 Å². The molecule has 0 unspecified atom stereocenters. The highest BCUT2D eigenvalue weighted by atomic mass is 32.1. The van der Waals surface area contributed by atoms with Gasteiger partial charge in [-0.1, -0.05) is 43.1 Å². The third kappa shape index (κ3) is 3.19. The molecule has 3 aromatic rings. The molecule has 0 aliphatic rings. The molecule has 0 spiro atoms. The predicted molar refractivity (Wildman–Crippen MR) is 96.8 cm³/mol. The molecule has 5 heteroatoms. The molecule has 0 aliphatic carbocycles. The predicted octanol–water partition coefficient (Wildman–Crippen LogP) is 2.80.